The molecule has 8 rings (SSSR count). The van der Waals surface area contributed by atoms with E-state index in [1.54, 1.807) is 118 Å². The average Bonchev–Trinajstić information content (AvgIpc) is 1.59. The Kier molecular flexibility index (Phi) is 44.1. The molecule has 10 N–H and O–H groups in total. The number of nitrogens with one attached hydrogen (secondary N) is 4. The smallest absolute Gasteiger partial charge is 0.850 e. The zero-order valence-corrected chi connectivity index (χ0v) is 75.8. The van der Waals surface area contributed by atoms with E-state index in [0.717, 1.165) is 42.7 Å². The quantitative estimate of drug-likeness (QED) is 0.0415. The number of nitrogens with two attached hydrogens (primary N) is 1. The van der Waals surface area contributed by atoms with Gasteiger partial charge in [-0.3, -0.25) is 29.1 Å². The molecule has 1 aromatic carbocycles. The van der Waals surface area contributed by atoms with Crippen molar-refractivity contribution in [1.82, 2.24) is 30.7 Å². The third kappa shape index (κ3) is 35.5. The van der Waals surface area contributed by atoms with Crippen molar-refractivity contribution in [3.05, 3.63) is 29.8 Å². The summed E-state index contributed by atoms with van der Waals surface area (Å²) in [6.07, 6.45) is -0.155. The van der Waals surface area contributed by atoms with Gasteiger partial charge in [-0.1, -0.05) is 87.6 Å². The number of hydrogen-bond acceptors (Lipinski definition) is 25. The second-order valence-corrected chi connectivity index (χ2v) is 33.6. The number of ether oxygens (including phenoxy) is 9. The van der Waals surface area contributed by atoms with Gasteiger partial charge in [0.05, 0.1) is 77.0 Å². The van der Waals surface area contributed by atoms with Gasteiger partial charge >= 0.3 is 112 Å². The van der Waals surface area contributed by atoms with Gasteiger partial charge in [-0.15, -0.1) is 17.2 Å². The van der Waals surface area contributed by atoms with Crippen LogP contribution in [0.3, 0.4) is 0 Å². The van der Waals surface area contributed by atoms with E-state index in [0.29, 0.717) is 44.6 Å². The fourth-order valence-electron chi connectivity index (χ4n) is 12.5. The van der Waals surface area contributed by atoms with Gasteiger partial charge in [0, 0.05) is 59.2 Å². The molecule has 0 unspecified atom stereocenters. The van der Waals surface area contributed by atoms with Crippen LogP contribution in [0.1, 0.15) is 194 Å². The van der Waals surface area contributed by atoms with Gasteiger partial charge in [-0.2, -0.15) is 13.2 Å². The number of aliphatic hydroxyl groups is 1. The van der Waals surface area contributed by atoms with E-state index in [1.807, 2.05) is 20.8 Å². The Morgan fingerprint density at radius 3 is 1.26 bits per heavy atom. The number of aliphatic carboxylic acids is 3. The number of esters is 3. The second kappa shape index (κ2) is 46.6. The molecule has 4 aliphatic heterocycles. The molecule has 15 atom stereocenters. The van der Waals surface area contributed by atoms with Crippen LogP contribution in [-0.4, -0.2) is 270 Å². The molecule has 0 radical (unpaired) electrons. The standard InChI is InChI=1S/C18H30N2O6.C13H16F3NO2.C13H22N2O4.C11H19NO5.C10H17NO5.C7H13NO2.C4H9O.CH3Cl.K/c1-7-11-9-18(11,15(22)25-6)19-14(21)13-8-12(24-5)10-20(13)16(23)26-17(2,3)4;1-12(2,3)10(11(18)19)17-9-6-4-5-8(7-9)13(14,15)16;1-4-8-6-13(8,12(17)19-3)15-11(16)10-5-9(18-2)7-14-10;1-11(2,3)17-10(15)12-6-7(16-4)5-8(12)9(13)14;1-10(2,3)16-9(15)11-5-6(12)4-7(11)8(13)14;1-3-5-4-7(5,8)6(9)10-2;1-4(2,3)5;1-2;/h11-13H,7-10H2,1-6H3,(H,19,21);4-7,10,17H,1-3H3,(H,18,19);8-10,14H,4-7H2,1-3H3,(H,15,16);7-8H,5-6H2,1-4H3,(H,13,14);6-7,12H,4-5H2,1-3H3,(H,13,14);5H,3-4,8H2,1-2H3;1-3H3;1H3;/q;;;;;;-1;;+1/t11-,12-,13+,18-;10-;8-,9-,10+,13-;7-,8+;6-,7+;5-,7-;;;/m111111.../s1. The number of carboxylic acid groups (broad SMARTS) is 3. The van der Waals surface area contributed by atoms with E-state index >= 15 is 0 Å². The number of carbonyl (C=O) groups excluding carboxylic acids is 8. The van der Waals surface area contributed by atoms with Crippen LogP contribution >= 0.6 is 11.6 Å². The summed E-state index contributed by atoms with van der Waals surface area (Å²) in [6, 6.07) is 0.637. The van der Waals surface area contributed by atoms with E-state index in [9.17, 15) is 76.1 Å². The number of amides is 5. The van der Waals surface area contributed by atoms with Gasteiger partial charge in [0.25, 0.3) is 0 Å². The molecule has 5 amide bonds. The number of benzene rings is 1. The minimum Gasteiger partial charge on any atom is -0.850 e. The van der Waals surface area contributed by atoms with Crippen LogP contribution < -0.4 is 83.5 Å². The Hall–Kier alpha value is -5.97. The molecule has 0 bridgehead atoms. The summed E-state index contributed by atoms with van der Waals surface area (Å²) in [5.41, 5.74) is -0.755. The molecule has 38 heteroatoms. The van der Waals surface area contributed by atoms with Crippen molar-refractivity contribution in [2.24, 2.45) is 28.9 Å². The fourth-order valence-corrected chi connectivity index (χ4v) is 12.5. The number of methoxy groups -OCH3 is 6. The van der Waals surface area contributed by atoms with Crippen LogP contribution in [0.4, 0.5) is 33.2 Å². The van der Waals surface area contributed by atoms with Crippen LogP contribution in [0, 0.1) is 23.2 Å². The molecule has 33 nitrogen and oxygen atoms in total. The maximum atomic E-state index is 12.9. The number of hydrogen-bond donors (Lipinski definition) is 9. The Morgan fingerprint density at radius 1 is 0.565 bits per heavy atom. The summed E-state index contributed by atoms with van der Waals surface area (Å²) in [7, 11) is 8.73. The predicted molar refractivity (Wildman–Crippen MR) is 411 cm³/mol. The minimum absolute atomic E-state index is 0. The first-order valence-corrected chi connectivity index (χ1v) is 38.4. The molecule has 7 aliphatic rings. The molecule has 0 spiro atoms. The summed E-state index contributed by atoms with van der Waals surface area (Å²) in [5, 5.41) is 57.9. The van der Waals surface area contributed by atoms with E-state index in [-0.39, 0.29) is 143 Å². The normalized spacial score (nSPS) is 26.4. The number of rotatable bonds is 18. The molecule has 4 saturated heterocycles. The van der Waals surface area contributed by atoms with Crippen molar-refractivity contribution in [1.29, 1.82) is 0 Å². The Bertz CT molecular complexity index is 3350. The fraction of sp³-hybridized carbons (Fsp3) is 0.779. The third-order valence-corrected chi connectivity index (χ3v) is 18.8. The first-order valence-electron chi connectivity index (χ1n) is 37.6. The van der Waals surface area contributed by atoms with E-state index in [2.05, 4.69) is 37.6 Å². The maximum Gasteiger partial charge on any atom is 1.00 e. The Balaban J connectivity index is 0.00000135. The van der Waals surface area contributed by atoms with E-state index < -0.39 is 129 Å². The van der Waals surface area contributed by atoms with Crippen molar-refractivity contribution in [3.8, 4) is 0 Å². The molecule has 1 aromatic rings. The van der Waals surface area contributed by atoms with Crippen LogP contribution in [0.15, 0.2) is 24.3 Å². The summed E-state index contributed by atoms with van der Waals surface area (Å²) in [6.45, 7) is 32.8. The second-order valence-electron chi connectivity index (χ2n) is 33.6. The monoisotopic (exact) mass is 1700 g/mol. The van der Waals surface area contributed by atoms with Crippen molar-refractivity contribution in [3.63, 3.8) is 0 Å². The number of carboxylic acids is 3. The molecule has 0 aromatic heterocycles. The molecule has 7 fully saturated rings. The number of aliphatic hydroxyl groups excluding tert-OH is 1. The van der Waals surface area contributed by atoms with Crippen LogP contribution in [-0.2, 0) is 87.2 Å². The van der Waals surface area contributed by atoms with Gasteiger partial charge < -0.3 is 95.2 Å². The van der Waals surface area contributed by atoms with E-state index in [4.69, 9.17) is 58.9 Å². The first-order chi connectivity index (χ1) is 52.3. The number of carbonyl (C=O) groups is 11. The predicted octanol–water partition coefficient (Wildman–Crippen LogP) is 4.73. The molecule has 656 valence electrons. The third-order valence-electron chi connectivity index (χ3n) is 18.8. The first kappa shape index (κ1) is 109. The molecular formula is C77H129ClF3KN8O25. The SMILES string of the molecule is CC(C)(C)OC(=O)N1C[C@H](O)C[C@H]1C(=O)O.CC(C)(C)[C@H](Nc1cccc(C(F)(F)F)c1)C(=O)O.CC(C)(C)[O-].CC[C@@H]1C[C@]1(N)C(=O)OC.CC[C@@H]1C[C@]1(NC(=O)[C@@H]1C[C@@H](OC)CN1)C(=O)OC.CC[C@@H]1C[C@]1(NC(=O)[C@@H]1C[C@@H](OC)CN1C(=O)OC(C)(C)C)C(=O)OC.CCl.CO[C@@H]1C[C@@H](C(=O)O)N(C(=O)OC(C)(C)C)C1.[K+]. The van der Waals surface area contributed by atoms with Crippen molar-refractivity contribution < 1.29 is 185 Å². The van der Waals surface area contributed by atoms with Crippen LogP contribution in [0.5, 0.6) is 0 Å². The zero-order valence-electron chi connectivity index (χ0n) is 71.9. The molecule has 115 heavy (non-hydrogen) atoms. The van der Waals surface area contributed by atoms with Crippen LogP contribution in [0.25, 0.3) is 0 Å². The topological polar surface area (TPSA) is 459 Å². The largest absolute Gasteiger partial charge is 1.00 e. The van der Waals surface area contributed by atoms with Crippen molar-refractivity contribution in [2.75, 3.05) is 80.5 Å². The summed E-state index contributed by atoms with van der Waals surface area (Å²) in [5.74, 6) is -4.24. The summed E-state index contributed by atoms with van der Waals surface area (Å²) < 4.78 is 83.2. The molecule has 3 aliphatic carbocycles. The van der Waals surface area contributed by atoms with Gasteiger partial charge in [-0.25, -0.2) is 38.4 Å². The van der Waals surface area contributed by atoms with Gasteiger partial charge in [0.2, 0.25) is 11.8 Å². The number of anilines is 1. The minimum atomic E-state index is -4.45. The van der Waals surface area contributed by atoms with Gasteiger partial charge in [0.15, 0.2) is 0 Å². The zero-order chi connectivity index (χ0) is 88.6. The summed E-state index contributed by atoms with van der Waals surface area (Å²) in [4.78, 5) is 133. The number of halogens is 4. The maximum absolute atomic E-state index is 12.9. The molecule has 4 heterocycles. The number of nitrogens with zero attached hydrogens (tertiary/aromatic N) is 3. The number of β-amino-alcohol motifs (C(OH)–C–C–N with tert-alkyl or cyclic N) is 1. The molecule has 3 saturated carbocycles. The Morgan fingerprint density at radius 2 is 0.939 bits per heavy atom. The molecular weight excluding hydrogens is 1570 g/mol. The number of alkyl halides is 4. The van der Waals surface area contributed by atoms with Gasteiger partial charge in [0.1, 0.15) is 57.6 Å². The average molecular weight is 1700 g/mol. The Labute approximate surface area is 722 Å². The van der Waals surface area contributed by atoms with Crippen LogP contribution in [0.2, 0.25) is 0 Å². The van der Waals surface area contributed by atoms with Crippen molar-refractivity contribution in [2.45, 2.75) is 289 Å². The number of likely N-dealkylation sites (tertiary alicyclic amines) is 3. The summed E-state index contributed by atoms with van der Waals surface area (Å²) >= 11 is 4.64. The van der Waals surface area contributed by atoms with Gasteiger partial charge in [-0.05, 0) is 129 Å². The van der Waals surface area contributed by atoms with Crippen molar-refractivity contribution >= 4 is 83.2 Å². The van der Waals surface area contributed by atoms with E-state index in [1.165, 1.54) is 56.8 Å².